The topological polar surface area (TPSA) is 276 Å². The normalized spacial score (nSPS) is 37.4. The van der Waals surface area contributed by atoms with E-state index in [9.17, 15) is 24.1 Å². The third kappa shape index (κ3) is 5.75. The predicted molar refractivity (Wildman–Crippen MR) is 164 cm³/mol. The van der Waals surface area contributed by atoms with Crippen LogP contribution in [0.2, 0.25) is 0 Å². The molecule has 7 heterocycles. The number of hydrogen-bond donors (Lipinski definition) is 7. The third-order valence-corrected chi connectivity index (χ3v) is 11.0. The molecule has 0 aliphatic carbocycles. The number of ether oxygens (including phenoxy) is 2. The molecule has 1 unspecified atom stereocenters. The highest BCUT2D eigenvalue weighted by molar-refractivity contribution is 8.44. The van der Waals surface area contributed by atoms with Crippen LogP contribution >= 0.6 is 38.1 Å². The second-order valence-electron chi connectivity index (χ2n) is 10.6. The van der Waals surface area contributed by atoms with Crippen LogP contribution in [0.3, 0.4) is 0 Å². The highest BCUT2D eigenvalue weighted by atomic mass is 32.7. The van der Waals surface area contributed by atoms with E-state index in [2.05, 4.69) is 49.4 Å². The first-order valence-electron chi connectivity index (χ1n) is 13.6. The molecule has 3 fully saturated rings. The van der Waals surface area contributed by atoms with Gasteiger partial charge in [-0.15, -0.1) is 0 Å². The number of imidazole rings is 1. The highest BCUT2D eigenvalue weighted by Crippen LogP contribution is 2.59. The van der Waals surface area contributed by atoms with Gasteiger partial charge in [0.05, 0.1) is 31.0 Å². The van der Waals surface area contributed by atoms with E-state index >= 15 is 0 Å². The molecular weight excluding hydrogens is 692 g/mol. The fourth-order valence-corrected chi connectivity index (χ4v) is 8.70. The third-order valence-electron chi connectivity index (χ3n) is 7.73. The average Bonchev–Trinajstić information content (AvgIpc) is 3.74. The zero-order valence-electron chi connectivity index (χ0n) is 23.2. The van der Waals surface area contributed by atoms with E-state index in [1.54, 1.807) is 12.3 Å². The number of aromatic amines is 1. The van der Waals surface area contributed by atoms with Gasteiger partial charge in [0.2, 0.25) is 5.95 Å². The first-order valence-corrected chi connectivity index (χ1v) is 19.0. The van der Waals surface area contributed by atoms with Crippen LogP contribution in [0.4, 0.5) is 11.8 Å². The minimum Gasteiger partial charge on any atom is -0.386 e. The molecular formula is C22H27N9O11P2S2. The van der Waals surface area contributed by atoms with Crippen LogP contribution in [0.1, 0.15) is 18.9 Å². The Bertz CT molecular complexity index is 1960. The van der Waals surface area contributed by atoms with Crippen molar-refractivity contribution in [2.75, 3.05) is 24.7 Å². The lowest BCUT2D eigenvalue weighted by molar-refractivity contribution is -0.0496. The predicted octanol–water partition coefficient (Wildman–Crippen LogP) is 0.529. The molecule has 0 spiro atoms. The summed E-state index contributed by atoms with van der Waals surface area (Å²) in [6, 6.07) is 1.65. The average molecular weight is 720 g/mol. The number of thiol groups is 2. The van der Waals surface area contributed by atoms with E-state index in [0.717, 1.165) is 0 Å². The molecule has 0 aromatic carbocycles. The number of anilines is 2. The molecule has 7 rings (SSSR count). The Kier molecular flexibility index (Phi) is 8.22. The number of fused-ring (bicyclic) bond motifs is 4. The molecule has 0 radical (unpaired) electrons. The SMILES string of the molecule is Nc1nc2c(ncn2[C@@H]2O[C@@H]3CO[P@@](=O)(S)O[C@@H]4C(CCO[P@](=O)(S)O[C@H]3[C@H]2O)O[C@@H](n2ccc3c(N)ncnc32)[C@@H]4O)c(=O)[nH]1. The van der Waals surface area contributed by atoms with Crippen LogP contribution in [0.5, 0.6) is 0 Å². The van der Waals surface area contributed by atoms with E-state index in [-0.39, 0.29) is 36.0 Å². The minimum absolute atomic E-state index is 0.0195. The number of hydrogen-bond acceptors (Lipinski definition) is 17. The van der Waals surface area contributed by atoms with Crippen molar-refractivity contribution in [2.45, 2.75) is 55.5 Å². The van der Waals surface area contributed by atoms with Crippen LogP contribution in [0.15, 0.2) is 29.7 Å². The maximum atomic E-state index is 13.5. The monoisotopic (exact) mass is 719 g/mol. The zero-order valence-corrected chi connectivity index (χ0v) is 26.8. The zero-order chi connectivity index (χ0) is 32.5. The van der Waals surface area contributed by atoms with Gasteiger partial charge in [-0.3, -0.25) is 27.9 Å². The van der Waals surface area contributed by atoms with E-state index in [1.807, 2.05) is 0 Å². The number of aliphatic hydroxyl groups is 2. The van der Waals surface area contributed by atoms with Crippen molar-refractivity contribution in [1.29, 1.82) is 0 Å². The van der Waals surface area contributed by atoms with E-state index in [1.165, 1.54) is 21.8 Å². The van der Waals surface area contributed by atoms with Gasteiger partial charge in [-0.25, -0.2) is 24.1 Å². The Morgan fingerprint density at radius 1 is 0.935 bits per heavy atom. The number of nitrogens with one attached hydrogen (secondary N) is 1. The van der Waals surface area contributed by atoms with Gasteiger partial charge in [-0.2, -0.15) is 4.98 Å². The fraction of sp³-hybridized carbons (Fsp3) is 0.500. The van der Waals surface area contributed by atoms with Crippen molar-refractivity contribution < 1.29 is 46.9 Å². The number of rotatable bonds is 2. The second kappa shape index (κ2) is 11.8. The van der Waals surface area contributed by atoms with E-state index in [0.29, 0.717) is 11.0 Å². The Labute approximate surface area is 268 Å². The lowest BCUT2D eigenvalue weighted by atomic mass is 10.1. The van der Waals surface area contributed by atoms with Crippen molar-refractivity contribution >= 4 is 72.1 Å². The van der Waals surface area contributed by atoms with Crippen LogP contribution in [-0.2, 0) is 36.7 Å². The van der Waals surface area contributed by atoms with Crippen molar-refractivity contribution in [2.24, 2.45) is 0 Å². The molecule has 10 atom stereocenters. The molecule has 24 heteroatoms. The molecule has 0 amide bonds. The summed E-state index contributed by atoms with van der Waals surface area (Å²) in [5, 5.41) is 23.1. The molecule has 3 aliphatic heterocycles. The number of H-pyrrole nitrogens is 1. The van der Waals surface area contributed by atoms with Crippen LogP contribution in [0, 0.1) is 0 Å². The lowest BCUT2D eigenvalue weighted by Gasteiger charge is -2.25. The van der Waals surface area contributed by atoms with Gasteiger partial charge in [-0.05, 0) is 6.07 Å². The standard InChI is InChI=1S/C22H27N9O11P2S2/c23-16-8-1-3-30(17(8)26-6-25-16)20-12(32)14-9(39-20)2-4-37-43(35,45)42-15-10(5-38-44(36,46)41-14)40-21(13(15)33)31-7-27-11-18(31)28-22(24)29-19(11)34/h1,3,6-7,9-10,12-15,20-21,32-33H,2,4-5H2,(H,35,45)(H,36,46)(H2,23,25,26)(H3,24,28,29,34)/t9?,10-,12-,13-,14-,15-,20-,21-,43+,44-/m1/s1. The van der Waals surface area contributed by atoms with Crippen molar-refractivity contribution in [3.63, 3.8) is 0 Å². The molecule has 20 nitrogen and oxygen atoms in total. The Hall–Kier alpha value is -2.59. The maximum absolute atomic E-state index is 13.5. The number of nitrogens with zero attached hydrogens (tertiary/aromatic N) is 6. The smallest absolute Gasteiger partial charge is 0.386 e. The highest BCUT2D eigenvalue weighted by Gasteiger charge is 2.52. The number of aliphatic hydroxyl groups excluding tert-OH is 2. The first kappa shape index (κ1) is 32.0. The van der Waals surface area contributed by atoms with Gasteiger partial charge in [0, 0.05) is 12.6 Å². The van der Waals surface area contributed by atoms with Crippen molar-refractivity contribution in [1.82, 2.24) is 34.1 Å². The number of aromatic nitrogens is 7. The largest absolute Gasteiger partial charge is 0.386 e. The molecule has 4 aromatic rings. The summed E-state index contributed by atoms with van der Waals surface area (Å²) in [5.41, 5.74) is 11.3. The fourth-order valence-electron chi connectivity index (χ4n) is 5.67. The summed E-state index contributed by atoms with van der Waals surface area (Å²) in [5.74, 6) is 0.00703. The van der Waals surface area contributed by atoms with Gasteiger partial charge in [0.15, 0.2) is 23.6 Å². The Morgan fingerprint density at radius 2 is 1.61 bits per heavy atom. The molecule has 46 heavy (non-hydrogen) atoms. The quantitative estimate of drug-likeness (QED) is 0.110. The van der Waals surface area contributed by atoms with Gasteiger partial charge in [0.1, 0.15) is 48.3 Å². The second-order valence-corrected chi connectivity index (χ2v) is 16.4. The number of nitrogens with two attached hydrogens (primary N) is 2. The summed E-state index contributed by atoms with van der Waals surface area (Å²) in [7, 11) is 0. The molecule has 3 saturated heterocycles. The minimum atomic E-state index is -4.29. The molecule has 3 aliphatic rings. The Balaban J connectivity index is 1.16. The molecule has 0 bridgehead atoms. The summed E-state index contributed by atoms with van der Waals surface area (Å²) in [4.78, 5) is 30.9. The van der Waals surface area contributed by atoms with Gasteiger partial charge >= 0.3 is 13.6 Å². The number of nitrogen functional groups attached to an aromatic ring is 2. The van der Waals surface area contributed by atoms with Crippen molar-refractivity contribution in [3.8, 4) is 0 Å². The van der Waals surface area contributed by atoms with Crippen molar-refractivity contribution in [3.05, 3.63) is 35.3 Å². The van der Waals surface area contributed by atoms with Gasteiger partial charge < -0.3 is 40.2 Å². The summed E-state index contributed by atoms with van der Waals surface area (Å²) < 4.78 is 64.1. The van der Waals surface area contributed by atoms with Crippen LogP contribution < -0.4 is 17.0 Å². The first-order chi connectivity index (χ1) is 21.8. The summed E-state index contributed by atoms with van der Waals surface area (Å²) in [6.07, 6.45) is -6.37. The Morgan fingerprint density at radius 3 is 2.37 bits per heavy atom. The molecule has 248 valence electrons. The summed E-state index contributed by atoms with van der Waals surface area (Å²) >= 11 is 8.18. The van der Waals surface area contributed by atoms with E-state index < -0.39 is 74.8 Å². The van der Waals surface area contributed by atoms with Crippen LogP contribution in [-0.4, -0.2) is 94.1 Å². The molecule has 7 N–H and O–H groups in total. The van der Waals surface area contributed by atoms with E-state index in [4.69, 9.17) is 39.0 Å². The van der Waals surface area contributed by atoms with Crippen LogP contribution in [0.25, 0.3) is 22.2 Å². The maximum Gasteiger partial charge on any atom is 0.386 e. The summed E-state index contributed by atoms with van der Waals surface area (Å²) in [6.45, 7) is -9.37. The van der Waals surface area contributed by atoms with Gasteiger partial charge in [-0.1, -0.05) is 24.5 Å². The van der Waals surface area contributed by atoms with Gasteiger partial charge in [0.25, 0.3) is 5.56 Å². The molecule has 4 aromatic heterocycles. The molecule has 0 saturated carbocycles. The lowest BCUT2D eigenvalue weighted by Crippen LogP contribution is -2.36.